The Balaban J connectivity index is 1.78. The molecule has 2 aliphatic heterocycles. The van der Waals surface area contributed by atoms with E-state index in [2.05, 4.69) is 34.4 Å². The van der Waals surface area contributed by atoms with Gasteiger partial charge in [-0.25, -0.2) is 5.43 Å². The molecule has 0 atom stereocenters. The van der Waals surface area contributed by atoms with E-state index in [9.17, 15) is 9.59 Å². The van der Waals surface area contributed by atoms with Gasteiger partial charge in [0.15, 0.2) is 0 Å². The van der Waals surface area contributed by atoms with Gasteiger partial charge in [0.2, 0.25) is 5.91 Å². The smallest absolute Gasteiger partial charge is 0.270 e. The third-order valence-electron chi connectivity index (χ3n) is 3.67. The van der Waals surface area contributed by atoms with Gasteiger partial charge in [-0.05, 0) is 14.1 Å². The highest BCUT2D eigenvalue weighted by Crippen LogP contribution is 2.07. The lowest BCUT2D eigenvalue weighted by Crippen LogP contribution is -2.52. The van der Waals surface area contributed by atoms with Gasteiger partial charge in [0.05, 0.1) is 0 Å². The van der Waals surface area contributed by atoms with Crippen molar-refractivity contribution >= 4 is 17.5 Å². The lowest BCUT2D eigenvalue weighted by atomic mass is 10.1. The van der Waals surface area contributed by atoms with E-state index in [1.165, 1.54) is 0 Å². The standard InChI is InChI=1S/C13H23N5O2/c1-16(2)5-6-17-7-9-18(10-8-17)13(20)11-3-4-12(19)15-14-11/h3-10H2,1-2H3,(H,15,19). The molecule has 1 N–H and O–H groups in total. The minimum Gasteiger partial charge on any atom is -0.335 e. The van der Waals surface area contributed by atoms with E-state index in [1.54, 1.807) is 0 Å². The minimum atomic E-state index is -0.116. The van der Waals surface area contributed by atoms with Crippen molar-refractivity contribution in [1.82, 2.24) is 20.1 Å². The molecular weight excluding hydrogens is 258 g/mol. The zero-order valence-electron chi connectivity index (χ0n) is 12.3. The Morgan fingerprint density at radius 1 is 1.25 bits per heavy atom. The summed E-state index contributed by atoms with van der Waals surface area (Å²) in [6.45, 7) is 5.34. The summed E-state index contributed by atoms with van der Waals surface area (Å²) < 4.78 is 0. The number of hydrazone groups is 1. The van der Waals surface area contributed by atoms with E-state index in [0.717, 1.165) is 39.3 Å². The average Bonchev–Trinajstić information content (AvgIpc) is 2.46. The van der Waals surface area contributed by atoms with Crippen molar-refractivity contribution < 1.29 is 9.59 Å². The molecule has 2 rings (SSSR count). The van der Waals surface area contributed by atoms with Gasteiger partial charge >= 0.3 is 0 Å². The second-order valence-corrected chi connectivity index (χ2v) is 5.53. The molecule has 1 saturated heterocycles. The highest BCUT2D eigenvalue weighted by Gasteiger charge is 2.26. The van der Waals surface area contributed by atoms with Crippen molar-refractivity contribution in [3.05, 3.63) is 0 Å². The molecule has 0 aromatic carbocycles. The molecule has 0 unspecified atom stereocenters. The van der Waals surface area contributed by atoms with Crippen LogP contribution in [0.5, 0.6) is 0 Å². The average molecular weight is 281 g/mol. The van der Waals surface area contributed by atoms with Crippen LogP contribution < -0.4 is 5.43 Å². The molecule has 0 bridgehead atoms. The van der Waals surface area contributed by atoms with Crippen molar-refractivity contribution in [2.24, 2.45) is 5.10 Å². The van der Waals surface area contributed by atoms with E-state index in [1.807, 2.05) is 4.90 Å². The SMILES string of the molecule is CN(C)CCN1CCN(C(=O)C2=NNC(=O)CC2)CC1. The second-order valence-electron chi connectivity index (χ2n) is 5.53. The Bertz CT molecular complexity index is 400. The third-order valence-corrected chi connectivity index (χ3v) is 3.67. The topological polar surface area (TPSA) is 68.2 Å². The Morgan fingerprint density at radius 2 is 1.95 bits per heavy atom. The molecule has 1 fully saturated rings. The molecule has 0 saturated carbocycles. The predicted molar refractivity (Wildman–Crippen MR) is 76.4 cm³/mol. The van der Waals surface area contributed by atoms with Gasteiger partial charge in [0, 0.05) is 52.1 Å². The quantitative estimate of drug-likeness (QED) is 0.714. The summed E-state index contributed by atoms with van der Waals surface area (Å²) in [5, 5.41) is 3.87. The van der Waals surface area contributed by atoms with Crippen molar-refractivity contribution in [3.8, 4) is 0 Å². The molecular formula is C13H23N5O2. The molecule has 112 valence electrons. The predicted octanol–water partition coefficient (Wildman–Crippen LogP) is -1.04. The Hall–Kier alpha value is -1.47. The number of nitrogens with zero attached hydrogens (tertiary/aromatic N) is 4. The van der Waals surface area contributed by atoms with E-state index >= 15 is 0 Å². The van der Waals surface area contributed by atoms with Gasteiger partial charge in [0.1, 0.15) is 5.71 Å². The number of rotatable bonds is 4. The van der Waals surface area contributed by atoms with Crippen LogP contribution in [0, 0.1) is 0 Å². The molecule has 0 spiro atoms. The molecule has 7 heteroatoms. The number of piperazine rings is 1. The molecule has 7 nitrogen and oxygen atoms in total. The first-order chi connectivity index (χ1) is 9.56. The van der Waals surface area contributed by atoms with Crippen LogP contribution in [-0.2, 0) is 9.59 Å². The van der Waals surface area contributed by atoms with Crippen molar-refractivity contribution in [2.75, 3.05) is 53.4 Å². The number of likely N-dealkylation sites (N-methyl/N-ethyl adjacent to an activating group) is 1. The number of carbonyl (C=O) groups excluding carboxylic acids is 2. The Morgan fingerprint density at radius 3 is 2.50 bits per heavy atom. The lowest BCUT2D eigenvalue weighted by molar-refractivity contribution is -0.126. The molecule has 0 aliphatic carbocycles. The van der Waals surface area contributed by atoms with Gasteiger partial charge in [-0.3, -0.25) is 14.5 Å². The van der Waals surface area contributed by atoms with Crippen LogP contribution in [0.25, 0.3) is 0 Å². The van der Waals surface area contributed by atoms with Crippen molar-refractivity contribution in [1.29, 1.82) is 0 Å². The van der Waals surface area contributed by atoms with E-state index in [0.29, 0.717) is 18.6 Å². The van der Waals surface area contributed by atoms with Crippen LogP contribution in [-0.4, -0.2) is 85.6 Å². The summed E-state index contributed by atoms with van der Waals surface area (Å²) in [6, 6.07) is 0. The first-order valence-corrected chi connectivity index (χ1v) is 7.08. The molecule has 2 amide bonds. The number of carbonyl (C=O) groups is 2. The molecule has 2 aliphatic rings. The zero-order valence-corrected chi connectivity index (χ0v) is 12.3. The molecule has 0 radical (unpaired) electrons. The maximum absolute atomic E-state index is 12.2. The first kappa shape index (κ1) is 14.9. The normalized spacial score (nSPS) is 20.9. The summed E-state index contributed by atoms with van der Waals surface area (Å²) in [5.74, 6) is -0.146. The van der Waals surface area contributed by atoms with Crippen LogP contribution in [0.1, 0.15) is 12.8 Å². The number of hydrogen-bond acceptors (Lipinski definition) is 5. The fraction of sp³-hybridized carbons (Fsp3) is 0.769. The first-order valence-electron chi connectivity index (χ1n) is 7.08. The summed E-state index contributed by atoms with van der Waals surface area (Å²) in [5.41, 5.74) is 2.86. The van der Waals surface area contributed by atoms with Crippen LogP contribution in [0.2, 0.25) is 0 Å². The fourth-order valence-corrected chi connectivity index (χ4v) is 2.33. The van der Waals surface area contributed by atoms with Crippen LogP contribution in [0.4, 0.5) is 0 Å². The van der Waals surface area contributed by atoms with Crippen LogP contribution in [0.15, 0.2) is 5.10 Å². The van der Waals surface area contributed by atoms with E-state index in [-0.39, 0.29) is 11.8 Å². The zero-order chi connectivity index (χ0) is 14.5. The van der Waals surface area contributed by atoms with Crippen molar-refractivity contribution in [2.45, 2.75) is 12.8 Å². The summed E-state index contributed by atoms with van der Waals surface area (Å²) in [6.07, 6.45) is 0.804. The fourth-order valence-electron chi connectivity index (χ4n) is 2.33. The van der Waals surface area contributed by atoms with E-state index < -0.39 is 0 Å². The maximum Gasteiger partial charge on any atom is 0.270 e. The second kappa shape index (κ2) is 6.81. The third kappa shape index (κ3) is 4.01. The molecule has 0 aromatic heterocycles. The Labute approximate surface area is 119 Å². The van der Waals surface area contributed by atoms with Gasteiger partial charge in [-0.1, -0.05) is 0 Å². The molecule has 20 heavy (non-hydrogen) atoms. The lowest BCUT2D eigenvalue weighted by Gasteiger charge is -2.35. The van der Waals surface area contributed by atoms with Gasteiger partial charge < -0.3 is 9.80 Å². The highest BCUT2D eigenvalue weighted by molar-refractivity contribution is 6.39. The largest absolute Gasteiger partial charge is 0.335 e. The van der Waals surface area contributed by atoms with Crippen LogP contribution in [0.3, 0.4) is 0 Å². The van der Waals surface area contributed by atoms with Crippen LogP contribution >= 0.6 is 0 Å². The van der Waals surface area contributed by atoms with Crippen molar-refractivity contribution in [3.63, 3.8) is 0 Å². The monoisotopic (exact) mass is 281 g/mol. The number of nitrogens with one attached hydrogen (secondary N) is 1. The van der Waals surface area contributed by atoms with Gasteiger partial charge in [0.25, 0.3) is 5.91 Å². The summed E-state index contributed by atoms with van der Waals surface area (Å²) >= 11 is 0. The highest BCUT2D eigenvalue weighted by atomic mass is 16.2. The molecule has 0 aromatic rings. The van der Waals surface area contributed by atoms with E-state index in [4.69, 9.17) is 0 Å². The minimum absolute atomic E-state index is 0.0303. The number of amides is 2. The van der Waals surface area contributed by atoms with Gasteiger partial charge in [-0.2, -0.15) is 5.10 Å². The Kier molecular flexibility index (Phi) is 5.08. The number of hydrogen-bond donors (Lipinski definition) is 1. The summed E-state index contributed by atoms with van der Waals surface area (Å²) in [7, 11) is 4.13. The van der Waals surface area contributed by atoms with Gasteiger partial charge in [-0.15, -0.1) is 0 Å². The maximum atomic E-state index is 12.2. The molecule has 2 heterocycles. The summed E-state index contributed by atoms with van der Waals surface area (Å²) in [4.78, 5) is 29.6.